The van der Waals surface area contributed by atoms with E-state index in [2.05, 4.69) is 15.5 Å². The van der Waals surface area contributed by atoms with Crippen molar-refractivity contribution < 1.29 is 4.74 Å². The van der Waals surface area contributed by atoms with Crippen molar-refractivity contribution >= 4 is 28.1 Å². The first-order valence-corrected chi connectivity index (χ1v) is 6.86. The van der Waals surface area contributed by atoms with Gasteiger partial charge in [0.2, 0.25) is 5.13 Å². The number of nitrogens with one attached hydrogen (secondary N) is 1. The van der Waals surface area contributed by atoms with E-state index in [1.165, 1.54) is 11.3 Å². The third kappa shape index (κ3) is 3.94. The summed E-state index contributed by atoms with van der Waals surface area (Å²) in [6.45, 7) is 3.86. The topological polar surface area (TPSA) is 47.0 Å². The number of hydrogen-bond acceptors (Lipinski definition) is 5. The molecule has 0 atom stereocenters. The molecule has 0 fully saturated rings. The quantitative estimate of drug-likeness (QED) is 0.883. The number of halogens is 1. The van der Waals surface area contributed by atoms with Crippen LogP contribution in [0.15, 0.2) is 24.3 Å². The number of hydrogen-bond donors (Lipinski definition) is 1. The molecule has 1 aromatic carbocycles. The maximum atomic E-state index is 5.89. The summed E-state index contributed by atoms with van der Waals surface area (Å²) in [5.74, 6) is 0. The van der Waals surface area contributed by atoms with Gasteiger partial charge in [-0.05, 0) is 24.6 Å². The average Bonchev–Trinajstić information content (AvgIpc) is 2.78. The van der Waals surface area contributed by atoms with Gasteiger partial charge in [-0.3, -0.25) is 0 Å². The first kappa shape index (κ1) is 13.3. The van der Waals surface area contributed by atoms with Crippen LogP contribution in [0, 0.1) is 0 Å². The fraction of sp³-hybridized carbons (Fsp3) is 0.333. The number of nitrogens with zero attached hydrogens (tertiary/aromatic N) is 2. The van der Waals surface area contributed by atoms with E-state index >= 15 is 0 Å². The lowest BCUT2D eigenvalue weighted by Gasteiger charge is -2.02. The molecule has 1 N–H and O–H groups in total. The van der Waals surface area contributed by atoms with Crippen LogP contribution < -0.4 is 5.32 Å². The molecule has 0 aliphatic carbocycles. The second-order valence-corrected chi connectivity index (χ2v) is 5.15. The van der Waals surface area contributed by atoms with Gasteiger partial charge in [0.15, 0.2) is 0 Å². The van der Waals surface area contributed by atoms with Gasteiger partial charge in [0.05, 0.1) is 6.61 Å². The van der Waals surface area contributed by atoms with Crippen molar-refractivity contribution in [3.05, 3.63) is 39.9 Å². The van der Waals surface area contributed by atoms with Crippen molar-refractivity contribution in [2.45, 2.75) is 20.1 Å². The Balaban J connectivity index is 1.81. The standard InChI is InChI=1S/C12H14ClN3OS/c1-2-14-12-16-15-11(18-12)8-17-7-9-4-3-5-10(13)6-9/h3-6H,2,7-8H2,1H3,(H,14,16). The van der Waals surface area contributed by atoms with Crippen LogP contribution in [-0.4, -0.2) is 16.7 Å². The Kier molecular flexibility index (Phi) is 4.92. The van der Waals surface area contributed by atoms with E-state index in [0.29, 0.717) is 13.2 Å². The summed E-state index contributed by atoms with van der Waals surface area (Å²) in [5, 5.41) is 13.6. The van der Waals surface area contributed by atoms with Crippen LogP contribution in [-0.2, 0) is 18.0 Å². The molecule has 2 aromatic rings. The fourth-order valence-electron chi connectivity index (χ4n) is 1.42. The van der Waals surface area contributed by atoms with E-state index < -0.39 is 0 Å². The number of ether oxygens (including phenoxy) is 1. The van der Waals surface area contributed by atoms with Gasteiger partial charge in [0, 0.05) is 11.6 Å². The van der Waals surface area contributed by atoms with Crippen LogP contribution in [0.3, 0.4) is 0 Å². The summed E-state index contributed by atoms with van der Waals surface area (Å²) in [4.78, 5) is 0. The van der Waals surface area contributed by atoms with Crippen molar-refractivity contribution in [1.29, 1.82) is 0 Å². The smallest absolute Gasteiger partial charge is 0.205 e. The maximum absolute atomic E-state index is 5.89. The zero-order valence-electron chi connectivity index (χ0n) is 10.0. The molecule has 0 bridgehead atoms. The molecule has 18 heavy (non-hydrogen) atoms. The number of rotatable bonds is 6. The number of aromatic nitrogens is 2. The van der Waals surface area contributed by atoms with Crippen LogP contribution in [0.4, 0.5) is 5.13 Å². The Labute approximate surface area is 115 Å². The Morgan fingerprint density at radius 2 is 2.22 bits per heavy atom. The molecule has 0 radical (unpaired) electrons. The van der Waals surface area contributed by atoms with E-state index in [4.69, 9.17) is 16.3 Å². The molecule has 1 aromatic heterocycles. The summed E-state index contributed by atoms with van der Waals surface area (Å²) >= 11 is 7.41. The SMILES string of the molecule is CCNc1nnc(COCc2cccc(Cl)c2)s1. The molecule has 2 rings (SSSR count). The molecule has 6 heteroatoms. The van der Waals surface area contributed by atoms with Crippen LogP contribution in [0.2, 0.25) is 5.02 Å². The van der Waals surface area contributed by atoms with Crippen molar-refractivity contribution in [3.63, 3.8) is 0 Å². The molecule has 0 aliphatic rings. The lowest BCUT2D eigenvalue weighted by molar-refractivity contribution is 0.106. The minimum atomic E-state index is 0.468. The molecule has 0 unspecified atom stereocenters. The Bertz CT molecular complexity index is 504. The molecule has 0 saturated carbocycles. The fourth-order valence-corrected chi connectivity index (χ4v) is 2.38. The zero-order valence-corrected chi connectivity index (χ0v) is 11.6. The van der Waals surface area contributed by atoms with Crippen molar-refractivity contribution in [3.8, 4) is 0 Å². The highest BCUT2D eigenvalue weighted by atomic mass is 35.5. The molecular weight excluding hydrogens is 270 g/mol. The minimum Gasteiger partial charge on any atom is -0.370 e. The van der Waals surface area contributed by atoms with Gasteiger partial charge in [-0.2, -0.15) is 0 Å². The van der Waals surface area contributed by atoms with Crippen LogP contribution in [0.1, 0.15) is 17.5 Å². The van der Waals surface area contributed by atoms with Gasteiger partial charge in [0.1, 0.15) is 11.6 Å². The first-order chi connectivity index (χ1) is 8.78. The molecule has 1 heterocycles. The van der Waals surface area contributed by atoms with E-state index in [1.807, 2.05) is 31.2 Å². The minimum absolute atomic E-state index is 0.468. The molecule has 96 valence electrons. The van der Waals surface area contributed by atoms with Gasteiger partial charge < -0.3 is 10.1 Å². The zero-order chi connectivity index (χ0) is 12.8. The molecule has 4 nitrogen and oxygen atoms in total. The van der Waals surface area contributed by atoms with Gasteiger partial charge >= 0.3 is 0 Å². The van der Waals surface area contributed by atoms with E-state index in [-0.39, 0.29) is 0 Å². The van der Waals surface area contributed by atoms with Crippen molar-refractivity contribution in [2.24, 2.45) is 0 Å². The van der Waals surface area contributed by atoms with Gasteiger partial charge in [-0.25, -0.2) is 0 Å². The summed E-state index contributed by atoms with van der Waals surface area (Å²) in [7, 11) is 0. The van der Waals surface area contributed by atoms with E-state index in [0.717, 1.165) is 27.3 Å². The predicted molar refractivity (Wildman–Crippen MR) is 74.0 cm³/mol. The largest absolute Gasteiger partial charge is 0.370 e. The van der Waals surface area contributed by atoms with Gasteiger partial charge in [0.25, 0.3) is 0 Å². The van der Waals surface area contributed by atoms with Crippen LogP contribution in [0.5, 0.6) is 0 Å². The van der Waals surface area contributed by atoms with Gasteiger partial charge in [-0.15, -0.1) is 10.2 Å². The summed E-state index contributed by atoms with van der Waals surface area (Å²) < 4.78 is 5.57. The molecule has 0 aliphatic heterocycles. The van der Waals surface area contributed by atoms with Gasteiger partial charge in [-0.1, -0.05) is 35.1 Å². The first-order valence-electron chi connectivity index (χ1n) is 5.66. The number of anilines is 1. The van der Waals surface area contributed by atoms with Crippen LogP contribution >= 0.6 is 22.9 Å². The van der Waals surface area contributed by atoms with Crippen LogP contribution in [0.25, 0.3) is 0 Å². The Morgan fingerprint density at radius 3 is 3.00 bits per heavy atom. The molecule has 0 spiro atoms. The van der Waals surface area contributed by atoms with E-state index in [1.54, 1.807) is 0 Å². The molecule has 0 amide bonds. The Morgan fingerprint density at radius 1 is 1.33 bits per heavy atom. The average molecular weight is 284 g/mol. The molecular formula is C12H14ClN3OS. The third-order valence-corrected chi connectivity index (χ3v) is 3.27. The second kappa shape index (κ2) is 6.68. The maximum Gasteiger partial charge on any atom is 0.205 e. The summed E-state index contributed by atoms with van der Waals surface area (Å²) in [6.07, 6.45) is 0. The van der Waals surface area contributed by atoms with E-state index in [9.17, 15) is 0 Å². The monoisotopic (exact) mass is 283 g/mol. The highest BCUT2D eigenvalue weighted by Gasteiger charge is 2.03. The van der Waals surface area contributed by atoms with Crippen molar-refractivity contribution in [1.82, 2.24) is 10.2 Å². The third-order valence-electron chi connectivity index (χ3n) is 2.18. The summed E-state index contributed by atoms with van der Waals surface area (Å²) in [5.41, 5.74) is 1.05. The highest BCUT2D eigenvalue weighted by Crippen LogP contribution is 2.17. The molecule has 0 saturated heterocycles. The normalized spacial score (nSPS) is 10.6. The Hall–Kier alpha value is -1.17. The predicted octanol–water partition coefficient (Wildman–Crippen LogP) is 3.34. The van der Waals surface area contributed by atoms with Crippen molar-refractivity contribution in [2.75, 3.05) is 11.9 Å². The highest BCUT2D eigenvalue weighted by molar-refractivity contribution is 7.15. The summed E-state index contributed by atoms with van der Waals surface area (Å²) in [6, 6.07) is 7.63. The number of benzene rings is 1. The lowest BCUT2D eigenvalue weighted by atomic mass is 10.2. The lowest BCUT2D eigenvalue weighted by Crippen LogP contribution is -1.94. The second-order valence-electron chi connectivity index (χ2n) is 3.65.